The van der Waals surface area contributed by atoms with Gasteiger partial charge in [-0.05, 0) is 38.3 Å². The fraction of sp³-hybridized carbons (Fsp3) is 0.533. The smallest absolute Gasteiger partial charge is 0.302 e. The fourth-order valence-electron chi connectivity index (χ4n) is 2.57. The van der Waals surface area contributed by atoms with E-state index in [1.54, 1.807) is 24.3 Å². The van der Waals surface area contributed by atoms with Crippen LogP contribution in [0.4, 0.5) is 0 Å². The molecule has 116 valence electrons. The third-order valence-electron chi connectivity index (χ3n) is 3.66. The number of benzene rings is 1. The molecule has 1 aromatic rings. The molecule has 1 N–H and O–H groups in total. The third kappa shape index (κ3) is 4.28. The molecule has 0 saturated heterocycles. The van der Waals surface area contributed by atoms with Crippen molar-refractivity contribution in [1.29, 1.82) is 0 Å². The van der Waals surface area contributed by atoms with Crippen molar-refractivity contribution in [3.05, 3.63) is 29.8 Å². The van der Waals surface area contributed by atoms with Gasteiger partial charge in [0.05, 0.1) is 10.9 Å². The molecule has 2 atom stereocenters. The zero-order chi connectivity index (χ0) is 15.5. The molecule has 0 heterocycles. The first kappa shape index (κ1) is 16.0. The molecular weight excluding hydrogens is 290 g/mol. The number of esters is 1. The first-order valence-corrected chi connectivity index (χ1v) is 8.63. The number of carbonyl (C=O) groups is 1. The highest BCUT2D eigenvalue weighted by atomic mass is 32.2. The van der Waals surface area contributed by atoms with E-state index in [1.807, 2.05) is 6.92 Å². The molecule has 1 saturated carbocycles. The number of hydrogen-bond donors (Lipinski definition) is 1. The lowest BCUT2D eigenvalue weighted by Gasteiger charge is -2.31. The van der Waals surface area contributed by atoms with Gasteiger partial charge in [0.15, 0.2) is 0 Å². The van der Waals surface area contributed by atoms with E-state index in [0.717, 1.165) is 18.4 Å². The monoisotopic (exact) mass is 311 g/mol. The lowest BCUT2D eigenvalue weighted by molar-refractivity contribution is -0.148. The predicted octanol–water partition coefficient (Wildman–Crippen LogP) is 2.15. The lowest BCUT2D eigenvalue weighted by atomic mass is 9.93. The van der Waals surface area contributed by atoms with Crippen LogP contribution in [0.3, 0.4) is 0 Å². The van der Waals surface area contributed by atoms with Crippen LogP contribution in [0.25, 0.3) is 0 Å². The Morgan fingerprint density at radius 3 is 2.43 bits per heavy atom. The topological polar surface area (TPSA) is 72.5 Å². The zero-order valence-corrected chi connectivity index (χ0v) is 13.2. The van der Waals surface area contributed by atoms with Gasteiger partial charge in [-0.1, -0.05) is 24.1 Å². The summed E-state index contributed by atoms with van der Waals surface area (Å²) in [4.78, 5) is 11.4. The number of sulfonamides is 1. The molecule has 6 heteroatoms. The van der Waals surface area contributed by atoms with E-state index in [-0.39, 0.29) is 23.0 Å². The van der Waals surface area contributed by atoms with Gasteiger partial charge < -0.3 is 4.74 Å². The van der Waals surface area contributed by atoms with E-state index in [2.05, 4.69) is 4.72 Å². The quantitative estimate of drug-likeness (QED) is 0.865. The number of rotatable bonds is 4. The van der Waals surface area contributed by atoms with Gasteiger partial charge in [0.1, 0.15) is 6.10 Å². The molecular formula is C15H21NO4S. The van der Waals surface area contributed by atoms with E-state index < -0.39 is 10.0 Å². The molecule has 1 aliphatic rings. The minimum atomic E-state index is -3.59. The predicted molar refractivity (Wildman–Crippen MR) is 79.3 cm³/mol. The van der Waals surface area contributed by atoms with Gasteiger partial charge in [-0.2, -0.15) is 0 Å². The second kappa shape index (κ2) is 6.58. The molecule has 21 heavy (non-hydrogen) atoms. The van der Waals surface area contributed by atoms with Gasteiger partial charge in [0.25, 0.3) is 0 Å². The van der Waals surface area contributed by atoms with Crippen molar-refractivity contribution in [3.8, 4) is 0 Å². The highest BCUT2D eigenvalue weighted by Gasteiger charge is 2.31. The Morgan fingerprint density at radius 1 is 1.19 bits per heavy atom. The summed E-state index contributed by atoms with van der Waals surface area (Å²) in [6.07, 6.45) is 2.87. The van der Waals surface area contributed by atoms with Crippen LogP contribution in [0.15, 0.2) is 29.2 Å². The summed E-state index contributed by atoms with van der Waals surface area (Å²) in [5, 5.41) is 0. The lowest BCUT2D eigenvalue weighted by Crippen LogP contribution is -2.46. The second-order valence-electron chi connectivity index (χ2n) is 5.47. The Kier molecular flexibility index (Phi) is 5.00. The van der Waals surface area contributed by atoms with Gasteiger partial charge in [-0.15, -0.1) is 0 Å². The van der Waals surface area contributed by atoms with Crippen molar-refractivity contribution >= 4 is 16.0 Å². The van der Waals surface area contributed by atoms with Crippen LogP contribution >= 0.6 is 0 Å². The van der Waals surface area contributed by atoms with E-state index in [0.29, 0.717) is 12.8 Å². The molecule has 1 fully saturated rings. The molecule has 1 aliphatic carbocycles. The highest BCUT2D eigenvalue weighted by Crippen LogP contribution is 2.23. The summed E-state index contributed by atoms with van der Waals surface area (Å²) >= 11 is 0. The zero-order valence-electron chi connectivity index (χ0n) is 12.3. The van der Waals surface area contributed by atoms with E-state index >= 15 is 0 Å². The maximum Gasteiger partial charge on any atom is 0.302 e. The van der Waals surface area contributed by atoms with Gasteiger partial charge in [-0.3, -0.25) is 4.79 Å². The van der Waals surface area contributed by atoms with Crippen LogP contribution in [0, 0.1) is 6.92 Å². The second-order valence-corrected chi connectivity index (χ2v) is 7.19. The summed E-state index contributed by atoms with van der Waals surface area (Å²) in [5.41, 5.74) is 1.00. The maximum absolute atomic E-state index is 12.4. The highest BCUT2D eigenvalue weighted by molar-refractivity contribution is 7.89. The molecule has 1 aromatic carbocycles. The van der Waals surface area contributed by atoms with E-state index in [4.69, 9.17) is 4.74 Å². The minimum Gasteiger partial charge on any atom is -0.461 e. The SMILES string of the molecule is CC(=O)O[C@@H]1CCCC[C@H]1NS(=O)(=O)c1ccc(C)cc1. The van der Waals surface area contributed by atoms with Gasteiger partial charge in [0, 0.05) is 6.92 Å². The first-order chi connectivity index (χ1) is 9.88. The van der Waals surface area contributed by atoms with E-state index in [1.165, 1.54) is 6.92 Å². The molecule has 0 unspecified atom stereocenters. The number of nitrogens with one attached hydrogen (secondary N) is 1. The molecule has 0 aromatic heterocycles. The van der Waals surface area contributed by atoms with Crippen LogP contribution in [0.5, 0.6) is 0 Å². The van der Waals surface area contributed by atoms with Crippen LogP contribution in [-0.2, 0) is 19.6 Å². The Hall–Kier alpha value is -1.40. The summed E-state index contributed by atoms with van der Waals surface area (Å²) in [7, 11) is -3.59. The Morgan fingerprint density at radius 2 is 1.81 bits per heavy atom. The number of ether oxygens (including phenoxy) is 1. The van der Waals surface area contributed by atoms with Crippen molar-refractivity contribution in [1.82, 2.24) is 4.72 Å². The number of hydrogen-bond acceptors (Lipinski definition) is 4. The molecule has 0 amide bonds. The van der Waals surface area contributed by atoms with Crippen LogP contribution in [0.1, 0.15) is 38.2 Å². The van der Waals surface area contributed by atoms with Crippen LogP contribution in [-0.4, -0.2) is 26.5 Å². The van der Waals surface area contributed by atoms with E-state index in [9.17, 15) is 13.2 Å². The number of carbonyl (C=O) groups excluding carboxylic acids is 1. The molecule has 2 rings (SSSR count). The maximum atomic E-state index is 12.4. The van der Waals surface area contributed by atoms with Gasteiger partial charge in [0.2, 0.25) is 10.0 Å². The third-order valence-corrected chi connectivity index (χ3v) is 5.16. The van der Waals surface area contributed by atoms with Crippen molar-refractivity contribution < 1.29 is 17.9 Å². The Labute approximate surface area is 125 Å². The Balaban J connectivity index is 2.13. The average molecular weight is 311 g/mol. The number of aryl methyl sites for hydroxylation is 1. The largest absolute Gasteiger partial charge is 0.461 e. The normalized spacial score (nSPS) is 22.8. The summed E-state index contributed by atoms with van der Waals surface area (Å²) in [6, 6.07) is 6.34. The summed E-state index contributed by atoms with van der Waals surface area (Å²) in [6.45, 7) is 3.25. The van der Waals surface area contributed by atoms with Crippen LogP contribution < -0.4 is 4.72 Å². The molecule has 0 bridgehead atoms. The van der Waals surface area contributed by atoms with Crippen molar-refractivity contribution in [3.63, 3.8) is 0 Å². The molecule has 0 radical (unpaired) electrons. The summed E-state index contributed by atoms with van der Waals surface area (Å²) in [5.74, 6) is -0.374. The molecule has 0 spiro atoms. The minimum absolute atomic E-state index is 0.236. The molecule has 5 nitrogen and oxygen atoms in total. The fourth-order valence-corrected chi connectivity index (χ4v) is 3.87. The standard InChI is InChI=1S/C15H21NO4S/c1-11-7-9-13(10-8-11)21(18,19)16-14-5-3-4-6-15(14)20-12(2)17/h7-10,14-16H,3-6H2,1-2H3/t14-,15-/m1/s1. The van der Waals surface area contributed by atoms with Gasteiger partial charge >= 0.3 is 5.97 Å². The molecule has 0 aliphatic heterocycles. The summed E-state index contributed by atoms with van der Waals surface area (Å²) < 4.78 is 32.7. The van der Waals surface area contributed by atoms with Gasteiger partial charge in [-0.25, -0.2) is 13.1 Å². The van der Waals surface area contributed by atoms with Crippen molar-refractivity contribution in [2.24, 2.45) is 0 Å². The van der Waals surface area contributed by atoms with Crippen molar-refractivity contribution in [2.45, 2.75) is 56.6 Å². The Bertz CT molecular complexity index is 595. The first-order valence-electron chi connectivity index (χ1n) is 7.15. The average Bonchev–Trinajstić information content (AvgIpc) is 2.40. The van der Waals surface area contributed by atoms with Crippen molar-refractivity contribution in [2.75, 3.05) is 0 Å². The van der Waals surface area contributed by atoms with Crippen LogP contribution in [0.2, 0.25) is 0 Å².